The van der Waals surface area contributed by atoms with Crippen LogP contribution in [0.1, 0.15) is 46.9 Å². The number of thiazole rings is 1. The number of aromatic nitrogens is 1. The van der Waals surface area contributed by atoms with Gasteiger partial charge in [-0.25, -0.2) is 9.79 Å². The van der Waals surface area contributed by atoms with Gasteiger partial charge in [-0.3, -0.25) is 9.36 Å². The first-order chi connectivity index (χ1) is 20.3. The molecule has 3 aromatic carbocycles. The summed E-state index contributed by atoms with van der Waals surface area (Å²) in [4.78, 5) is 43.1. The Hall–Kier alpha value is -4.96. The second kappa shape index (κ2) is 12.3. The number of ether oxygens (including phenoxy) is 3. The van der Waals surface area contributed by atoms with E-state index in [1.165, 1.54) is 28.0 Å². The van der Waals surface area contributed by atoms with E-state index in [4.69, 9.17) is 14.2 Å². The Morgan fingerprint density at radius 1 is 1.07 bits per heavy atom. The van der Waals surface area contributed by atoms with Crippen LogP contribution in [-0.2, 0) is 16.1 Å². The zero-order valence-corrected chi connectivity index (χ0v) is 24.0. The van der Waals surface area contributed by atoms with E-state index in [9.17, 15) is 19.5 Å². The van der Waals surface area contributed by atoms with Crippen LogP contribution in [0.25, 0.3) is 6.08 Å². The number of hydrogen-bond acceptors (Lipinski definition) is 9. The van der Waals surface area contributed by atoms with Gasteiger partial charge < -0.3 is 24.1 Å². The smallest absolute Gasteiger partial charge is 0.338 e. The summed E-state index contributed by atoms with van der Waals surface area (Å²) in [6.45, 7) is 3.83. The Labute approximate surface area is 245 Å². The summed E-state index contributed by atoms with van der Waals surface area (Å²) >= 11 is 1.23. The van der Waals surface area contributed by atoms with Gasteiger partial charge in [0.2, 0.25) is 0 Å². The van der Waals surface area contributed by atoms with Crippen molar-refractivity contribution in [3.05, 3.63) is 126 Å². The molecule has 0 saturated heterocycles. The van der Waals surface area contributed by atoms with Crippen LogP contribution in [0.15, 0.2) is 93.9 Å². The molecular formula is C32H27N2O7S-. The van der Waals surface area contributed by atoms with Gasteiger partial charge in [-0.15, -0.1) is 0 Å². The Bertz CT molecular complexity index is 1870. The number of nitrogens with zero attached hydrogens (tertiary/aromatic N) is 2. The van der Waals surface area contributed by atoms with Crippen LogP contribution in [0, 0.1) is 0 Å². The predicted octanol–water partition coefficient (Wildman–Crippen LogP) is 2.75. The molecule has 2 heterocycles. The monoisotopic (exact) mass is 583 g/mol. The maximum absolute atomic E-state index is 13.8. The van der Waals surface area contributed by atoms with E-state index in [1.807, 2.05) is 30.3 Å². The van der Waals surface area contributed by atoms with Crippen molar-refractivity contribution in [1.29, 1.82) is 0 Å². The highest BCUT2D eigenvalue weighted by Crippen LogP contribution is 2.35. The van der Waals surface area contributed by atoms with E-state index in [-0.39, 0.29) is 29.9 Å². The van der Waals surface area contributed by atoms with Crippen LogP contribution >= 0.6 is 11.3 Å². The molecule has 5 rings (SSSR count). The van der Waals surface area contributed by atoms with Crippen molar-refractivity contribution in [1.82, 2.24) is 4.57 Å². The number of carboxylic acid groups (broad SMARTS) is 1. The third-order valence-electron chi connectivity index (χ3n) is 6.70. The van der Waals surface area contributed by atoms with Gasteiger partial charge in [-0.1, -0.05) is 59.9 Å². The number of fused-ring (bicyclic) bond motifs is 1. The Kier molecular flexibility index (Phi) is 8.35. The molecule has 1 aliphatic rings. The first-order valence-corrected chi connectivity index (χ1v) is 14.0. The summed E-state index contributed by atoms with van der Waals surface area (Å²) in [6.07, 6.45) is 1.76. The number of carbonyl (C=O) groups excluding carboxylic acids is 2. The molecule has 0 radical (unpaired) electrons. The van der Waals surface area contributed by atoms with E-state index in [2.05, 4.69) is 4.99 Å². The van der Waals surface area contributed by atoms with Gasteiger partial charge in [0.05, 0.1) is 35.5 Å². The Morgan fingerprint density at radius 3 is 2.55 bits per heavy atom. The fourth-order valence-corrected chi connectivity index (χ4v) is 5.79. The number of methoxy groups -OCH3 is 1. The minimum Gasteiger partial charge on any atom is -0.545 e. The first kappa shape index (κ1) is 28.6. The molecule has 0 amide bonds. The standard InChI is InChI=1S/C32H28N2O7S/c1-4-40-31(38)27-19(2)33-32-34(28(27)24-10-5-6-11-25(24)39-3)29(35)26(42-32)17-20-12-14-23(15-13-20)41-18-21-8-7-9-22(16-21)30(36)37/h5-17,28H,4,18H2,1-3H3,(H,36,37)/p-1/b26-17-/t28-/m0/s1. The molecule has 0 fully saturated rings. The number of benzene rings is 3. The van der Waals surface area contributed by atoms with Crippen molar-refractivity contribution >= 4 is 29.4 Å². The summed E-state index contributed by atoms with van der Waals surface area (Å²) in [5.74, 6) is -0.660. The second-order valence-electron chi connectivity index (χ2n) is 9.39. The third kappa shape index (κ3) is 5.75. The molecule has 10 heteroatoms. The zero-order valence-electron chi connectivity index (χ0n) is 23.2. The van der Waals surface area contributed by atoms with Crippen molar-refractivity contribution in [2.24, 2.45) is 4.99 Å². The van der Waals surface area contributed by atoms with Gasteiger partial charge in [0.1, 0.15) is 24.1 Å². The number of aromatic carboxylic acids is 1. The SMILES string of the molecule is CCOC(=O)C1=C(C)N=c2s/c(=C\c3ccc(OCc4cccc(C(=O)[O-])c4)cc3)c(=O)n2[C@H]1c1ccccc1OC. The normalized spacial score (nSPS) is 14.6. The highest BCUT2D eigenvalue weighted by molar-refractivity contribution is 7.07. The average Bonchev–Trinajstić information content (AvgIpc) is 3.30. The van der Waals surface area contributed by atoms with E-state index in [0.29, 0.717) is 37.7 Å². The number of allylic oxidation sites excluding steroid dienone is 1. The molecule has 0 spiro atoms. The molecule has 0 N–H and O–H groups in total. The number of para-hydroxylation sites is 1. The molecule has 0 bridgehead atoms. The van der Waals surface area contributed by atoms with Gasteiger partial charge >= 0.3 is 5.97 Å². The Balaban J connectivity index is 1.48. The molecule has 9 nitrogen and oxygen atoms in total. The second-order valence-corrected chi connectivity index (χ2v) is 10.4. The molecule has 1 aliphatic heterocycles. The van der Waals surface area contributed by atoms with E-state index in [1.54, 1.807) is 57.4 Å². The number of rotatable bonds is 9. The van der Waals surface area contributed by atoms with Crippen molar-refractivity contribution < 1.29 is 28.9 Å². The van der Waals surface area contributed by atoms with Gasteiger partial charge in [0.15, 0.2) is 4.80 Å². The maximum Gasteiger partial charge on any atom is 0.338 e. The summed E-state index contributed by atoms with van der Waals surface area (Å²) in [7, 11) is 1.54. The minimum absolute atomic E-state index is 0.0884. The molecule has 4 aromatic rings. The van der Waals surface area contributed by atoms with Crippen LogP contribution in [0.4, 0.5) is 0 Å². The van der Waals surface area contributed by atoms with E-state index >= 15 is 0 Å². The molecule has 214 valence electrons. The van der Waals surface area contributed by atoms with Crippen molar-refractivity contribution in [3.63, 3.8) is 0 Å². The zero-order chi connectivity index (χ0) is 29.8. The molecular weight excluding hydrogens is 556 g/mol. The van der Waals surface area contributed by atoms with Crippen molar-refractivity contribution in [2.75, 3.05) is 13.7 Å². The van der Waals surface area contributed by atoms with Crippen LogP contribution < -0.4 is 29.5 Å². The summed E-state index contributed by atoms with van der Waals surface area (Å²) in [5, 5.41) is 11.1. The van der Waals surface area contributed by atoms with E-state index < -0.39 is 18.0 Å². The fraction of sp³-hybridized carbons (Fsp3) is 0.188. The van der Waals surface area contributed by atoms with Gasteiger partial charge in [-0.2, -0.15) is 0 Å². The average molecular weight is 584 g/mol. The molecule has 0 aliphatic carbocycles. The number of carbonyl (C=O) groups is 2. The quantitative estimate of drug-likeness (QED) is 0.278. The highest BCUT2D eigenvalue weighted by Gasteiger charge is 2.34. The first-order valence-electron chi connectivity index (χ1n) is 13.2. The van der Waals surface area contributed by atoms with Crippen molar-refractivity contribution in [2.45, 2.75) is 26.5 Å². The number of esters is 1. The van der Waals surface area contributed by atoms with E-state index in [0.717, 1.165) is 5.56 Å². The van der Waals surface area contributed by atoms with Gasteiger partial charge in [-0.05, 0) is 60.9 Å². The summed E-state index contributed by atoms with van der Waals surface area (Å²) in [6, 6.07) is 20.1. The van der Waals surface area contributed by atoms with Crippen LogP contribution in [0.3, 0.4) is 0 Å². The number of carboxylic acids is 1. The lowest BCUT2D eigenvalue weighted by Crippen LogP contribution is -2.40. The van der Waals surface area contributed by atoms with Crippen LogP contribution in [0.5, 0.6) is 11.5 Å². The van der Waals surface area contributed by atoms with Gasteiger partial charge in [0.25, 0.3) is 5.56 Å². The lowest BCUT2D eigenvalue weighted by atomic mass is 9.95. The predicted molar refractivity (Wildman–Crippen MR) is 155 cm³/mol. The highest BCUT2D eigenvalue weighted by atomic mass is 32.1. The lowest BCUT2D eigenvalue weighted by molar-refractivity contribution is -0.255. The molecule has 42 heavy (non-hydrogen) atoms. The third-order valence-corrected chi connectivity index (χ3v) is 7.68. The Morgan fingerprint density at radius 2 is 1.83 bits per heavy atom. The minimum atomic E-state index is -1.24. The molecule has 0 unspecified atom stereocenters. The number of hydrogen-bond donors (Lipinski definition) is 0. The van der Waals surface area contributed by atoms with Crippen LogP contribution in [-0.4, -0.2) is 30.2 Å². The molecule has 0 saturated carbocycles. The lowest BCUT2D eigenvalue weighted by Gasteiger charge is -2.25. The van der Waals surface area contributed by atoms with Crippen LogP contribution in [0.2, 0.25) is 0 Å². The topological polar surface area (TPSA) is 119 Å². The van der Waals surface area contributed by atoms with Crippen molar-refractivity contribution in [3.8, 4) is 11.5 Å². The summed E-state index contributed by atoms with van der Waals surface area (Å²) < 4.78 is 18.7. The summed E-state index contributed by atoms with van der Waals surface area (Å²) in [5.41, 5.74) is 2.67. The van der Waals surface area contributed by atoms with Gasteiger partial charge in [0, 0.05) is 5.56 Å². The molecule has 1 aromatic heterocycles. The maximum atomic E-state index is 13.8. The fourth-order valence-electron chi connectivity index (χ4n) is 4.74. The molecule has 1 atom stereocenters. The largest absolute Gasteiger partial charge is 0.545 e.